The summed E-state index contributed by atoms with van der Waals surface area (Å²) in [5.74, 6) is -0.520. The van der Waals surface area contributed by atoms with E-state index in [1.165, 1.54) is 7.05 Å². The topological polar surface area (TPSA) is 29.1 Å². The summed E-state index contributed by atoms with van der Waals surface area (Å²) < 4.78 is 36.7. The largest absolute Gasteiger partial charge is 0.416 e. The van der Waals surface area contributed by atoms with Gasteiger partial charge >= 0.3 is 6.18 Å². The van der Waals surface area contributed by atoms with Crippen LogP contribution in [0.4, 0.5) is 13.2 Å². The molecule has 1 rings (SSSR count). The molecular formula is C9H7ClF3NO. The van der Waals surface area contributed by atoms with Gasteiger partial charge in [0.2, 0.25) is 0 Å². The maximum atomic E-state index is 12.2. The number of nitrogens with one attached hydrogen (secondary N) is 1. The van der Waals surface area contributed by atoms with Gasteiger partial charge in [0.1, 0.15) is 0 Å². The fourth-order valence-corrected chi connectivity index (χ4v) is 1.28. The predicted molar refractivity (Wildman–Crippen MR) is 49.8 cm³/mol. The zero-order valence-electron chi connectivity index (χ0n) is 7.65. The van der Waals surface area contributed by atoms with Crippen molar-refractivity contribution in [2.24, 2.45) is 0 Å². The third kappa shape index (κ3) is 2.62. The third-order valence-electron chi connectivity index (χ3n) is 1.77. The van der Waals surface area contributed by atoms with Gasteiger partial charge in [-0.05, 0) is 18.2 Å². The number of hydrogen-bond donors (Lipinski definition) is 1. The molecule has 0 aliphatic carbocycles. The van der Waals surface area contributed by atoms with Gasteiger partial charge in [0.05, 0.1) is 16.1 Å². The third-order valence-corrected chi connectivity index (χ3v) is 2.08. The van der Waals surface area contributed by atoms with Crippen LogP contribution in [0.3, 0.4) is 0 Å². The highest BCUT2D eigenvalue weighted by Crippen LogP contribution is 2.31. The van der Waals surface area contributed by atoms with Crippen molar-refractivity contribution in [2.75, 3.05) is 7.05 Å². The molecule has 1 aromatic rings. The SMILES string of the molecule is CNC(=O)c1ccc(C(F)(F)F)cc1Cl. The monoisotopic (exact) mass is 237 g/mol. The molecule has 0 bridgehead atoms. The van der Waals surface area contributed by atoms with Gasteiger partial charge in [0.15, 0.2) is 0 Å². The first-order valence-corrected chi connectivity index (χ1v) is 4.33. The Morgan fingerprint density at radius 2 is 2.00 bits per heavy atom. The summed E-state index contributed by atoms with van der Waals surface area (Å²) in [5.41, 5.74) is -0.854. The fraction of sp³-hybridized carbons (Fsp3) is 0.222. The molecule has 0 fully saturated rings. The van der Waals surface area contributed by atoms with Gasteiger partial charge < -0.3 is 5.32 Å². The summed E-state index contributed by atoms with van der Waals surface area (Å²) in [6.45, 7) is 0. The van der Waals surface area contributed by atoms with Crippen LogP contribution in [0.5, 0.6) is 0 Å². The Morgan fingerprint density at radius 1 is 1.40 bits per heavy atom. The molecule has 0 radical (unpaired) electrons. The molecule has 0 unspecified atom stereocenters. The van der Waals surface area contributed by atoms with Gasteiger partial charge in [-0.3, -0.25) is 4.79 Å². The van der Waals surface area contributed by atoms with Crippen LogP contribution in [0.15, 0.2) is 18.2 Å². The Labute approximate surface area is 89.0 Å². The first-order valence-electron chi connectivity index (χ1n) is 3.95. The molecule has 0 saturated heterocycles. The highest BCUT2D eigenvalue weighted by Gasteiger charge is 2.31. The first kappa shape index (κ1) is 11.8. The summed E-state index contributed by atoms with van der Waals surface area (Å²) in [6, 6.07) is 2.59. The van der Waals surface area contributed by atoms with E-state index in [9.17, 15) is 18.0 Å². The molecule has 0 spiro atoms. The summed E-state index contributed by atoms with van der Waals surface area (Å²) in [7, 11) is 1.37. The Bertz CT molecular complexity index is 389. The molecule has 0 aliphatic rings. The molecular weight excluding hydrogens is 231 g/mol. The molecule has 0 saturated carbocycles. The lowest BCUT2D eigenvalue weighted by molar-refractivity contribution is -0.137. The summed E-state index contributed by atoms with van der Waals surface area (Å²) >= 11 is 5.55. The molecule has 1 N–H and O–H groups in total. The minimum Gasteiger partial charge on any atom is -0.355 e. The number of hydrogen-bond acceptors (Lipinski definition) is 1. The lowest BCUT2D eigenvalue weighted by Gasteiger charge is -2.08. The minimum atomic E-state index is -4.45. The average molecular weight is 238 g/mol. The first-order chi connectivity index (χ1) is 6.86. The van der Waals surface area contributed by atoms with E-state index in [1.807, 2.05) is 0 Å². The quantitative estimate of drug-likeness (QED) is 0.800. The van der Waals surface area contributed by atoms with E-state index in [0.29, 0.717) is 0 Å². The van der Waals surface area contributed by atoms with E-state index in [0.717, 1.165) is 18.2 Å². The van der Waals surface area contributed by atoms with Crippen molar-refractivity contribution in [3.05, 3.63) is 34.3 Å². The van der Waals surface area contributed by atoms with Crippen molar-refractivity contribution >= 4 is 17.5 Å². The molecule has 1 amide bonds. The zero-order valence-corrected chi connectivity index (χ0v) is 8.41. The molecule has 0 heterocycles. The van der Waals surface area contributed by atoms with E-state index in [2.05, 4.69) is 5.32 Å². The lowest BCUT2D eigenvalue weighted by Crippen LogP contribution is -2.18. The number of carbonyl (C=O) groups is 1. The lowest BCUT2D eigenvalue weighted by atomic mass is 10.1. The van der Waals surface area contributed by atoms with Gasteiger partial charge in [-0.1, -0.05) is 11.6 Å². The number of halogens is 4. The van der Waals surface area contributed by atoms with Crippen LogP contribution in [-0.2, 0) is 6.18 Å². The molecule has 1 aromatic carbocycles. The highest BCUT2D eigenvalue weighted by molar-refractivity contribution is 6.33. The van der Waals surface area contributed by atoms with Crippen molar-refractivity contribution < 1.29 is 18.0 Å². The van der Waals surface area contributed by atoms with Crippen molar-refractivity contribution in [2.45, 2.75) is 6.18 Å². The Kier molecular flexibility index (Phi) is 3.24. The number of rotatable bonds is 1. The summed E-state index contributed by atoms with van der Waals surface area (Å²) in [4.78, 5) is 11.1. The number of carbonyl (C=O) groups excluding carboxylic acids is 1. The van der Waals surface area contributed by atoms with E-state index < -0.39 is 17.6 Å². The molecule has 6 heteroatoms. The van der Waals surface area contributed by atoms with Crippen LogP contribution in [-0.4, -0.2) is 13.0 Å². The van der Waals surface area contributed by atoms with Crippen molar-refractivity contribution in [3.63, 3.8) is 0 Å². The maximum Gasteiger partial charge on any atom is 0.416 e. The molecule has 15 heavy (non-hydrogen) atoms. The maximum absolute atomic E-state index is 12.2. The molecule has 0 aromatic heterocycles. The average Bonchev–Trinajstić information content (AvgIpc) is 2.15. The van der Waals surface area contributed by atoms with E-state index >= 15 is 0 Å². The second kappa shape index (κ2) is 4.10. The van der Waals surface area contributed by atoms with Gasteiger partial charge in [-0.2, -0.15) is 13.2 Å². The van der Waals surface area contributed by atoms with Crippen LogP contribution < -0.4 is 5.32 Å². The Morgan fingerprint density at radius 3 is 2.40 bits per heavy atom. The number of alkyl halides is 3. The summed E-state index contributed by atoms with van der Waals surface area (Å²) in [5, 5.41) is 2.06. The van der Waals surface area contributed by atoms with E-state index in [1.54, 1.807) is 0 Å². The van der Waals surface area contributed by atoms with Crippen LogP contribution in [0.25, 0.3) is 0 Å². The number of amides is 1. The molecule has 2 nitrogen and oxygen atoms in total. The van der Waals surface area contributed by atoms with Gasteiger partial charge in [-0.25, -0.2) is 0 Å². The summed E-state index contributed by atoms with van der Waals surface area (Å²) in [6.07, 6.45) is -4.45. The number of benzene rings is 1. The van der Waals surface area contributed by atoms with Crippen molar-refractivity contribution in [3.8, 4) is 0 Å². The second-order valence-corrected chi connectivity index (χ2v) is 3.18. The van der Waals surface area contributed by atoms with Crippen molar-refractivity contribution in [1.82, 2.24) is 5.32 Å². The van der Waals surface area contributed by atoms with E-state index in [4.69, 9.17) is 11.6 Å². The Balaban J connectivity index is 3.15. The van der Waals surface area contributed by atoms with Gasteiger partial charge in [-0.15, -0.1) is 0 Å². The minimum absolute atomic E-state index is 0.0205. The smallest absolute Gasteiger partial charge is 0.355 e. The van der Waals surface area contributed by atoms with Crippen LogP contribution in [0.1, 0.15) is 15.9 Å². The van der Waals surface area contributed by atoms with Crippen molar-refractivity contribution in [1.29, 1.82) is 0 Å². The van der Waals surface area contributed by atoms with Crippen LogP contribution >= 0.6 is 11.6 Å². The molecule has 0 aliphatic heterocycles. The van der Waals surface area contributed by atoms with Crippen LogP contribution in [0, 0.1) is 0 Å². The van der Waals surface area contributed by atoms with Gasteiger partial charge in [0.25, 0.3) is 5.91 Å². The highest BCUT2D eigenvalue weighted by atomic mass is 35.5. The fourth-order valence-electron chi connectivity index (χ4n) is 1.01. The van der Waals surface area contributed by atoms with Gasteiger partial charge in [0, 0.05) is 7.05 Å². The molecule has 82 valence electrons. The standard InChI is InChI=1S/C9H7ClF3NO/c1-14-8(15)6-3-2-5(4-7(6)10)9(11,12)13/h2-4H,1H3,(H,14,15). The predicted octanol–water partition coefficient (Wildman–Crippen LogP) is 2.72. The van der Waals surface area contributed by atoms with Crippen LogP contribution in [0.2, 0.25) is 5.02 Å². The Hall–Kier alpha value is -1.23. The van der Waals surface area contributed by atoms with E-state index in [-0.39, 0.29) is 10.6 Å². The zero-order chi connectivity index (χ0) is 11.6. The molecule has 0 atom stereocenters. The normalized spacial score (nSPS) is 11.3. The second-order valence-electron chi connectivity index (χ2n) is 2.77.